The van der Waals surface area contributed by atoms with Crippen LogP contribution in [0.5, 0.6) is 0 Å². The van der Waals surface area contributed by atoms with Gasteiger partial charge < -0.3 is 5.32 Å². The third-order valence-electron chi connectivity index (χ3n) is 3.42. The van der Waals surface area contributed by atoms with E-state index in [1.54, 1.807) is 0 Å². The summed E-state index contributed by atoms with van der Waals surface area (Å²) in [6, 6.07) is 2.05. The molecule has 1 N–H and O–H groups in total. The monoisotopic (exact) mass is 302 g/mol. The zero-order chi connectivity index (χ0) is 15.6. The highest BCUT2D eigenvalue weighted by Crippen LogP contribution is 2.29. The van der Waals surface area contributed by atoms with Gasteiger partial charge in [0.15, 0.2) is 0 Å². The number of pyridine rings is 1. The van der Waals surface area contributed by atoms with Crippen LogP contribution in [0.1, 0.15) is 63.9 Å². The van der Waals surface area contributed by atoms with E-state index in [-0.39, 0.29) is 0 Å². The SMILES string of the molecule is CCCCCCCCCCNc1cc(C(F)(F)F)ccn1. The molecule has 1 aromatic heterocycles. The van der Waals surface area contributed by atoms with E-state index in [0.717, 1.165) is 25.0 Å². The standard InChI is InChI=1S/C16H25F3N2/c1-2-3-4-5-6-7-8-9-11-20-15-13-14(10-12-21-15)16(17,18)19/h10,12-13H,2-9,11H2,1H3,(H,20,21). The van der Waals surface area contributed by atoms with E-state index in [0.29, 0.717) is 12.4 Å². The lowest BCUT2D eigenvalue weighted by molar-refractivity contribution is -0.137. The minimum absolute atomic E-state index is 0.299. The van der Waals surface area contributed by atoms with Gasteiger partial charge in [-0.05, 0) is 18.6 Å². The van der Waals surface area contributed by atoms with Crippen LogP contribution in [0, 0.1) is 0 Å². The number of nitrogens with one attached hydrogen (secondary N) is 1. The van der Waals surface area contributed by atoms with E-state index in [9.17, 15) is 13.2 Å². The maximum atomic E-state index is 12.5. The molecule has 0 amide bonds. The number of halogens is 3. The third-order valence-corrected chi connectivity index (χ3v) is 3.42. The van der Waals surface area contributed by atoms with Gasteiger partial charge in [-0.2, -0.15) is 13.2 Å². The normalized spacial score (nSPS) is 11.6. The van der Waals surface area contributed by atoms with Crippen LogP contribution < -0.4 is 5.32 Å². The molecule has 0 unspecified atom stereocenters. The van der Waals surface area contributed by atoms with Crippen LogP contribution in [0.15, 0.2) is 18.3 Å². The second kappa shape index (κ2) is 9.64. The van der Waals surface area contributed by atoms with Crippen molar-refractivity contribution in [2.24, 2.45) is 0 Å². The quantitative estimate of drug-likeness (QED) is 0.565. The Hall–Kier alpha value is -1.26. The molecule has 0 aliphatic rings. The minimum Gasteiger partial charge on any atom is -0.370 e. The van der Waals surface area contributed by atoms with Gasteiger partial charge in [0.25, 0.3) is 0 Å². The lowest BCUT2D eigenvalue weighted by Crippen LogP contribution is -2.08. The van der Waals surface area contributed by atoms with Crippen molar-refractivity contribution < 1.29 is 13.2 Å². The number of anilines is 1. The van der Waals surface area contributed by atoms with Crippen molar-refractivity contribution in [3.05, 3.63) is 23.9 Å². The summed E-state index contributed by atoms with van der Waals surface area (Å²) in [6.07, 6.45) is 6.57. The molecule has 0 aromatic carbocycles. The molecule has 120 valence electrons. The topological polar surface area (TPSA) is 24.9 Å². The molecule has 1 rings (SSSR count). The number of hydrogen-bond donors (Lipinski definition) is 1. The summed E-state index contributed by atoms with van der Waals surface area (Å²) >= 11 is 0. The Labute approximate surface area is 125 Å². The van der Waals surface area contributed by atoms with Gasteiger partial charge in [0.2, 0.25) is 0 Å². The Balaban J connectivity index is 2.13. The summed E-state index contributed by atoms with van der Waals surface area (Å²) in [7, 11) is 0. The number of alkyl halides is 3. The fraction of sp³-hybridized carbons (Fsp3) is 0.688. The lowest BCUT2D eigenvalue weighted by atomic mass is 10.1. The number of unbranched alkanes of at least 4 members (excludes halogenated alkanes) is 7. The first-order chi connectivity index (χ1) is 10.0. The van der Waals surface area contributed by atoms with Crippen LogP contribution in [0.4, 0.5) is 19.0 Å². The van der Waals surface area contributed by atoms with E-state index in [1.165, 1.54) is 44.7 Å². The van der Waals surface area contributed by atoms with Crippen molar-refractivity contribution in [2.75, 3.05) is 11.9 Å². The predicted octanol–water partition coefficient (Wildman–Crippen LogP) is 5.65. The first-order valence-corrected chi connectivity index (χ1v) is 7.81. The molecule has 0 aliphatic carbocycles. The largest absolute Gasteiger partial charge is 0.416 e. The molecule has 0 spiro atoms. The highest BCUT2D eigenvalue weighted by atomic mass is 19.4. The molecular formula is C16H25F3N2. The Kier molecular flexibility index (Phi) is 8.16. The molecule has 0 atom stereocenters. The Morgan fingerprint density at radius 3 is 2.24 bits per heavy atom. The van der Waals surface area contributed by atoms with E-state index in [4.69, 9.17) is 0 Å². The van der Waals surface area contributed by atoms with E-state index in [2.05, 4.69) is 17.2 Å². The van der Waals surface area contributed by atoms with Gasteiger partial charge in [-0.3, -0.25) is 0 Å². The molecule has 1 aromatic rings. The molecule has 0 bridgehead atoms. The van der Waals surface area contributed by atoms with Crippen molar-refractivity contribution in [3.8, 4) is 0 Å². The second-order valence-corrected chi connectivity index (χ2v) is 5.33. The smallest absolute Gasteiger partial charge is 0.370 e. The summed E-state index contributed by atoms with van der Waals surface area (Å²) in [5, 5.41) is 2.96. The maximum Gasteiger partial charge on any atom is 0.416 e. The first-order valence-electron chi connectivity index (χ1n) is 7.81. The average molecular weight is 302 g/mol. The molecule has 5 heteroatoms. The summed E-state index contributed by atoms with van der Waals surface area (Å²) < 4.78 is 37.6. The summed E-state index contributed by atoms with van der Waals surface area (Å²) in [6.45, 7) is 2.87. The number of aromatic nitrogens is 1. The first kappa shape index (κ1) is 17.8. The van der Waals surface area contributed by atoms with Crippen LogP contribution in [0.25, 0.3) is 0 Å². The fourth-order valence-corrected chi connectivity index (χ4v) is 2.18. The minimum atomic E-state index is -4.31. The average Bonchev–Trinajstić information content (AvgIpc) is 2.45. The zero-order valence-electron chi connectivity index (χ0n) is 12.7. The van der Waals surface area contributed by atoms with Crippen LogP contribution in [0.3, 0.4) is 0 Å². The van der Waals surface area contributed by atoms with Crippen molar-refractivity contribution in [1.29, 1.82) is 0 Å². The third kappa shape index (κ3) is 7.93. The van der Waals surface area contributed by atoms with Gasteiger partial charge in [-0.1, -0.05) is 51.9 Å². The number of hydrogen-bond acceptors (Lipinski definition) is 2. The van der Waals surface area contributed by atoms with Gasteiger partial charge in [0.1, 0.15) is 5.82 Å². The molecule has 0 radical (unpaired) electrons. The molecule has 0 aliphatic heterocycles. The molecule has 1 heterocycles. The summed E-state index contributed by atoms with van der Waals surface area (Å²) in [5.74, 6) is 0.299. The van der Waals surface area contributed by atoms with Gasteiger partial charge in [0.05, 0.1) is 5.56 Å². The van der Waals surface area contributed by atoms with Crippen LogP contribution in [-0.4, -0.2) is 11.5 Å². The molecule has 21 heavy (non-hydrogen) atoms. The lowest BCUT2D eigenvalue weighted by Gasteiger charge is -2.09. The highest BCUT2D eigenvalue weighted by Gasteiger charge is 2.30. The van der Waals surface area contributed by atoms with Gasteiger partial charge in [0, 0.05) is 12.7 Å². The summed E-state index contributed by atoms with van der Waals surface area (Å²) in [5.41, 5.74) is -0.657. The molecule has 0 fully saturated rings. The number of rotatable bonds is 10. The van der Waals surface area contributed by atoms with Crippen molar-refractivity contribution in [1.82, 2.24) is 4.98 Å². The van der Waals surface area contributed by atoms with Crippen LogP contribution in [-0.2, 0) is 6.18 Å². The van der Waals surface area contributed by atoms with Gasteiger partial charge in [-0.25, -0.2) is 4.98 Å². The van der Waals surface area contributed by atoms with Crippen molar-refractivity contribution >= 4 is 5.82 Å². The fourth-order valence-electron chi connectivity index (χ4n) is 2.18. The number of nitrogens with zero attached hydrogens (tertiary/aromatic N) is 1. The zero-order valence-corrected chi connectivity index (χ0v) is 12.7. The molecular weight excluding hydrogens is 277 g/mol. The Morgan fingerprint density at radius 2 is 1.62 bits per heavy atom. The van der Waals surface area contributed by atoms with E-state index >= 15 is 0 Å². The van der Waals surface area contributed by atoms with Gasteiger partial charge >= 0.3 is 6.18 Å². The van der Waals surface area contributed by atoms with Crippen molar-refractivity contribution in [2.45, 2.75) is 64.5 Å². The predicted molar refractivity (Wildman–Crippen MR) is 80.3 cm³/mol. The molecule has 0 saturated carbocycles. The van der Waals surface area contributed by atoms with E-state index in [1.807, 2.05) is 0 Å². The second-order valence-electron chi connectivity index (χ2n) is 5.33. The Bertz CT molecular complexity index is 391. The Morgan fingerprint density at radius 1 is 1.00 bits per heavy atom. The van der Waals surface area contributed by atoms with Crippen LogP contribution >= 0.6 is 0 Å². The molecule has 0 saturated heterocycles. The van der Waals surface area contributed by atoms with Crippen LogP contribution in [0.2, 0.25) is 0 Å². The van der Waals surface area contributed by atoms with Gasteiger partial charge in [-0.15, -0.1) is 0 Å². The maximum absolute atomic E-state index is 12.5. The molecule has 2 nitrogen and oxygen atoms in total. The summed E-state index contributed by atoms with van der Waals surface area (Å²) in [4.78, 5) is 3.91. The van der Waals surface area contributed by atoms with Crippen molar-refractivity contribution in [3.63, 3.8) is 0 Å². The van der Waals surface area contributed by atoms with E-state index < -0.39 is 11.7 Å². The highest BCUT2D eigenvalue weighted by molar-refractivity contribution is 5.38.